The molecular formula is C20H30. The van der Waals surface area contributed by atoms with Crippen LogP contribution in [0.3, 0.4) is 0 Å². The van der Waals surface area contributed by atoms with Gasteiger partial charge in [-0.05, 0) is 36.5 Å². The van der Waals surface area contributed by atoms with Crippen LogP contribution in [-0.4, -0.2) is 0 Å². The molecule has 0 saturated heterocycles. The topological polar surface area (TPSA) is 0 Å². The predicted molar refractivity (Wildman–Crippen MR) is 92.3 cm³/mol. The zero-order chi connectivity index (χ0) is 15.2. The van der Waals surface area contributed by atoms with Gasteiger partial charge < -0.3 is 0 Å². The molecule has 0 amide bonds. The molecule has 0 bridgehead atoms. The molecule has 0 heterocycles. The van der Waals surface area contributed by atoms with Crippen molar-refractivity contribution in [1.29, 1.82) is 0 Å². The first-order valence-electron chi connectivity index (χ1n) is 7.86. The molecule has 2 aromatic carbocycles. The highest BCUT2D eigenvalue weighted by Gasteiger charge is 1.92. The standard InChI is InChI=1S/C10H14.C8H10.C2H6/c1-3-6-10-8-5-4-7-9(10)2;1-2-8-6-4-3-5-7-8;1-2/h4-5,7-8H,3,6H2,1-2H3;3-7H,2H2,1H3;1-2H3. The van der Waals surface area contributed by atoms with E-state index in [9.17, 15) is 0 Å². The Kier molecular flexibility index (Phi) is 11.5. The van der Waals surface area contributed by atoms with Crippen LogP contribution in [0.5, 0.6) is 0 Å². The van der Waals surface area contributed by atoms with Crippen LogP contribution in [0, 0.1) is 6.92 Å². The molecule has 0 aliphatic carbocycles. The van der Waals surface area contributed by atoms with Gasteiger partial charge in [0.1, 0.15) is 0 Å². The van der Waals surface area contributed by atoms with Crippen molar-refractivity contribution in [3.8, 4) is 0 Å². The van der Waals surface area contributed by atoms with Crippen LogP contribution in [0.1, 0.15) is 50.8 Å². The van der Waals surface area contributed by atoms with Gasteiger partial charge in [-0.2, -0.15) is 0 Å². The minimum Gasteiger partial charge on any atom is -0.0683 e. The van der Waals surface area contributed by atoms with Gasteiger partial charge in [-0.15, -0.1) is 0 Å². The average Bonchev–Trinajstić information content (AvgIpc) is 2.53. The normalized spacial score (nSPS) is 8.85. The molecule has 0 saturated carbocycles. The van der Waals surface area contributed by atoms with Gasteiger partial charge in [0, 0.05) is 0 Å². The van der Waals surface area contributed by atoms with Crippen molar-refractivity contribution >= 4 is 0 Å². The first kappa shape index (κ1) is 18.4. The molecule has 0 nitrogen and oxygen atoms in total. The summed E-state index contributed by atoms with van der Waals surface area (Å²) in [6, 6.07) is 19.0. The largest absolute Gasteiger partial charge is 0.0683 e. The van der Waals surface area contributed by atoms with Crippen molar-refractivity contribution in [3.63, 3.8) is 0 Å². The molecule has 0 aliphatic rings. The summed E-state index contributed by atoms with van der Waals surface area (Å²) < 4.78 is 0. The zero-order valence-corrected chi connectivity index (χ0v) is 13.8. The molecule has 0 atom stereocenters. The molecule has 2 aromatic rings. The molecule has 0 fully saturated rings. The first-order chi connectivity index (χ1) is 9.77. The Labute approximate surface area is 125 Å². The van der Waals surface area contributed by atoms with E-state index in [1.165, 1.54) is 29.5 Å². The van der Waals surface area contributed by atoms with Gasteiger partial charge in [-0.1, -0.05) is 88.7 Å². The van der Waals surface area contributed by atoms with E-state index in [1.807, 2.05) is 19.9 Å². The highest BCUT2D eigenvalue weighted by atomic mass is 14.0. The van der Waals surface area contributed by atoms with Crippen molar-refractivity contribution in [2.24, 2.45) is 0 Å². The summed E-state index contributed by atoms with van der Waals surface area (Å²) in [5.41, 5.74) is 4.32. The smallest absolute Gasteiger partial charge is 0.0279 e. The fourth-order valence-corrected chi connectivity index (χ4v) is 1.87. The van der Waals surface area contributed by atoms with Gasteiger partial charge in [0.2, 0.25) is 0 Å². The summed E-state index contributed by atoms with van der Waals surface area (Å²) in [5.74, 6) is 0. The number of benzene rings is 2. The quantitative estimate of drug-likeness (QED) is 0.621. The molecule has 2 rings (SSSR count). The Bertz CT molecular complexity index is 429. The van der Waals surface area contributed by atoms with E-state index < -0.39 is 0 Å². The number of aryl methyl sites for hydroxylation is 3. The van der Waals surface area contributed by atoms with E-state index >= 15 is 0 Å². The molecule has 0 radical (unpaired) electrons. The van der Waals surface area contributed by atoms with E-state index in [4.69, 9.17) is 0 Å². The lowest BCUT2D eigenvalue weighted by Gasteiger charge is -2.01. The van der Waals surface area contributed by atoms with E-state index in [0.717, 1.165) is 6.42 Å². The molecule has 0 unspecified atom stereocenters. The monoisotopic (exact) mass is 270 g/mol. The van der Waals surface area contributed by atoms with Crippen LogP contribution >= 0.6 is 0 Å². The third kappa shape index (κ3) is 7.78. The Morgan fingerprint density at radius 3 is 1.75 bits per heavy atom. The fraction of sp³-hybridized carbons (Fsp3) is 0.400. The van der Waals surface area contributed by atoms with Crippen molar-refractivity contribution in [2.45, 2.75) is 53.9 Å². The summed E-state index contributed by atoms with van der Waals surface area (Å²) in [7, 11) is 0. The molecule has 0 heteroatoms. The molecule has 0 aromatic heterocycles. The van der Waals surface area contributed by atoms with Crippen molar-refractivity contribution in [1.82, 2.24) is 0 Å². The van der Waals surface area contributed by atoms with Crippen LogP contribution in [0.25, 0.3) is 0 Å². The maximum Gasteiger partial charge on any atom is -0.0279 e. The van der Waals surface area contributed by atoms with E-state index in [0.29, 0.717) is 0 Å². The minimum absolute atomic E-state index is 1.14. The molecule has 0 spiro atoms. The highest BCUT2D eigenvalue weighted by Crippen LogP contribution is 2.08. The van der Waals surface area contributed by atoms with Crippen molar-refractivity contribution < 1.29 is 0 Å². The van der Waals surface area contributed by atoms with Crippen molar-refractivity contribution in [3.05, 3.63) is 71.3 Å². The van der Waals surface area contributed by atoms with E-state index in [2.05, 4.69) is 69.3 Å². The number of hydrogen-bond acceptors (Lipinski definition) is 0. The van der Waals surface area contributed by atoms with Crippen LogP contribution in [0.15, 0.2) is 54.6 Å². The van der Waals surface area contributed by atoms with E-state index in [-0.39, 0.29) is 0 Å². The summed E-state index contributed by atoms with van der Waals surface area (Å²) in [6.07, 6.45) is 3.60. The first-order valence-corrected chi connectivity index (χ1v) is 7.86. The molecular weight excluding hydrogens is 240 g/mol. The van der Waals surface area contributed by atoms with E-state index in [1.54, 1.807) is 0 Å². The predicted octanol–water partition coefficient (Wildman–Crippen LogP) is 6.22. The second-order valence-electron chi connectivity index (χ2n) is 4.52. The second-order valence-corrected chi connectivity index (χ2v) is 4.52. The molecule has 20 heavy (non-hydrogen) atoms. The van der Waals surface area contributed by atoms with Crippen LogP contribution in [0.2, 0.25) is 0 Å². The number of rotatable bonds is 3. The third-order valence-corrected chi connectivity index (χ3v) is 3.03. The van der Waals surface area contributed by atoms with Gasteiger partial charge in [0.25, 0.3) is 0 Å². The molecule has 0 N–H and O–H groups in total. The Balaban J connectivity index is 0.000000327. The fourth-order valence-electron chi connectivity index (χ4n) is 1.87. The van der Waals surface area contributed by atoms with Crippen LogP contribution in [-0.2, 0) is 12.8 Å². The highest BCUT2D eigenvalue weighted by molar-refractivity contribution is 5.25. The Hall–Kier alpha value is -1.56. The van der Waals surface area contributed by atoms with Crippen molar-refractivity contribution in [2.75, 3.05) is 0 Å². The third-order valence-electron chi connectivity index (χ3n) is 3.03. The number of hydrogen-bond donors (Lipinski definition) is 0. The van der Waals surface area contributed by atoms with Gasteiger partial charge in [-0.3, -0.25) is 0 Å². The minimum atomic E-state index is 1.14. The maximum absolute atomic E-state index is 2.21. The maximum atomic E-state index is 2.21. The zero-order valence-electron chi connectivity index (χ0n) is 13.8. The van der Waals surface area contributed by atoms with Crippen LogP contribution < -0.4 is 0 Å². The van der Waals surface area contributed by atoms with Gasteiger partial charge in [-0.25, -0.2) is 0 Å². The Morgan fingerprint density at radius 2 is 1.30 bits per heavy atom. The average molecular weight is 270 g/mol. The molecule has 110 valence electrons. The summed E-state index contributed by atoms with van der Waals surface area (Å²) in [6.45, 7) is 10.5. The lowest BCUT2D eigenvalue weighted by atomic mass is 10.1. The summed E-state index contributed by atoms with van der Waals surface area (Å²) in [5, 5.41) is 0. The second kappa shape index (κ2) is 12.5. The van der Waals surface area contributed by atoms with Crippen LogP contribution in [0.4, 0.5) is 0 Å². The molecule has 0 aliphatic heterocycles. The summed E-state index contributed by atoms with van der Waals surface area (Å²) in [4.78, 5) is 0. The van der Waals surface area contributed by atoms with Gasteiger partial charge in [0.05, 0.1) is 0 Å². The summed E-state index contributed by atoms with van der Waals surface area (Å²) >= 11 is 0. The lowest BCUT2D eigenvalue weighted by molar-refractivity contribution is 0.913. The van der Waals surface area contributed by atoms with Gasteiger partial charge in [0.15, 0.2) is 0 Å². The lowest BCUT2D eigenvalue weighted by Crippen LogP contribution is -1.85. The van der Waals surface area contributed by atoms with Gasteiger partial charge >= 0.3 is 0 Å². The Morgan fingerprint density at radius 1 is 0.750 bits per heavy atom. The SMILES string of the molecule is CC.CCCc1ccccc1C.CCc1ccccc1.